The molecular formula is C11H15ClN2. The summed E-state index contributed by atoms with van der Waals surface area (Å²) in [7, 11) is 0. The second kappa shape index (κ2) is 3.35. The Morgan fingerprint density at radius 2 is 2.21 bits per heavy atom. The number of nitrogens with two attached hydrogens (primary N) is 1. The Bertz CT molecular complexity index is 345. The maximum Gasteiger partial charge on any atom is 0.0589 e. The zero-order valence-corrected chi connectivity index (χ0v) is 9.06. The molecule has 0 saturated heterocycles. The second-order valence-corrected chi connectivity index (χ2v) is 4.83. The summed E-state index contributed by atoms with van der Waals surface area (Å²) in [4.78, 5) is 0. The monoisotopic (exact) mass is 210 g/mol. The van der Waals surface area contributed by atoms with E-state index in [1.807, 2.05) is 12.1 Å². The van der Waals surface area contributed by atoms with Crippen LogP contribution in [0.3, 0.4) is 0 Å². The molecule has 0 aliphatic heterocycles. The van der Waals surface area contributed by atoms with Crippen molar-refractivity contribution in [2.45, 2.75) is 19.8 Å². The Morgan fingerprint density at radius 1 is 1.50 bits per heavy atom. The van der Waals surface area contributed by atoms with Crippen LogP contribution in [0.1, 0.15) is 19.8 Å². The maximum atomic E-state index is 5.89. The highest BCUT2D eigenvalue weighted by Crippen LogP contribution is 2.45. The molecule has 0 radical (unpaired) electrons. The minimum atomic E-state index is 0.481. The van der Waals surface area contributed by atoms with Gasteiger partial charge in [-0.25, -0.2) is 0 Å². The molecule has 3 heteroatoms. The molecule has 0 atom stereocenters. The van der Waals surface area contributed by atoms with E-state index in [2.05, 4.69) is 12.2 Å². The van der Waals surface area contributed by atoms with Gasteiger partial charge in [0.1, 0.15) is 0 Å². The zero-order valence-electron chi connectivity index (χ0n) is 8.31. The molecule has 3 N–H and O–H groups in total. The lowest BCUT2D eigenvalue weighted by Gasteiger charge is -2.13. The number of hydrogen-bond donors (Lipinski definition) is 2. The highest BCUT2D eigenvalue weighted by atomic mass is 35.5. The van der Waals surface area contributed by atoms with Crippen molar-refractivity contribution in [2.75, 3.05) is 17.6 Å². The largest absolute Gasteiger partial charge is 0.397 e. The summed E-state index contributed by atoms with van der Waals surface area (Å²) in [6, 6.07) is 5.52. The maximum absolute atomic E-state index is 5.89. The van der Waals surface area contributed by atoms with Crippen LogP contribution in [0.15, 0.2) is 18.2 Å². The first-order valence-corrected chi connectivity index (χ1v) is 5.26. The van der Waals surface area contributed by atoms with E-state index in [0.717, 1.165) is 22.9 Å². The molecule has 2 nitrogen and oxygen atoms in total. The molecule has 0 heterocycles. The van der Waals surface area contributed by atoms with Crippen molar-refractivity contribution in [3.8, 4) is 0 Å². The normalized spacial score (nSPS) is 17.9. The van der Waals surface area contributed by atoms with Crippen LogP contribution >= 0.6 is 11.6 Å². The third kappa shape index (κ3) is 2.13. The molecule has 0 aromatic heterocycles. The lowest BCUT2D eigenvalue weighted by atomic mass is 10.1. The molecule has 0 unspecified atom stereocenters. The molecule has 0 spiro atoms. The van der Waals surface area contributed by atoms with Crippen molar-refractivity contribution in [3.05, 3.63) is 23.2 Å². The molecule has 1 aliphatic rings. The molecule has 1 fully saturated rings. The Balaban J connectivity index is 2.04. The van der Waals surface area contributed by atoms with Crippen LogP contribution in [0.25, 0.3) is 0 Å². The predicted molar refractivity (Wildman–Crippen MR) is 61.7 cm³/mol. The number of rotatable bonds is 3. The third-order valence-electron chi connectivity index (χ3n) is 2.82. The first kappa shape index (κ1) is 9.66. The summed E-state index contributed by atoms with van der Waals surface area (Å²) >= 11 is 5.89. The van der Waals surface area contributed by atoms with Crippen molar-refractivity contribution >= 4 is 23.0 Å². The van der Waals surface area contributed by atoms with Gasteiger partial charge < -0.3 is 11.1 Å². The van der Waals surface area contributed by atoms with Crippen LogP contribution in [0.4, 0.5) is 11.4 Å². The van der Waals surface area contributed by atoms with Gasteiger partial charge in [-0.2, -0.15) is 0 Å². The SMILES string of the molecule is CC1(CNc2cc(Cl)ccc2N)CC1. The highest BCUT2D eigenvalue weighted by molar-refractivity contribution is 6.31. The van der Waals surface area contributed by atoms with Crippen LogP contribution in [-0.2, 0) is 0 Å². The minimum absolute atomic E-state index is 0.481. The summed E-state index contributed by atoms with van der Waals surface area (Å²) in [6.45, 7) is 3.26. The number of nitrogen functional groups attached to an aromatic ring is 1. The van der Waals surface area contributed by atoms with Crippen molar-refractivity contribution in [1.29, 1.82) is 0 Å². The third-order valence-corrected chi connectivity index (χ3v) is 3.06. The van der Waals surface area contributed by atoms with Crippen molar-refractivity contribution in [2.24, 2.45) is 5.41 Å². The Hall–Kier alpha value is -0.890. The minimum Gasteiger partial charge on any atom is -0.397 e. The van der Waals surface area contributed by atoms with E-state index < -0.39 is 0 Å². The summed E-state index contributed by atoms with van der Waals surface area (Å²) < 4.78 is 0. The molecule has 76 valence electrons. The fourth-order valence-electron chi connectivity index (χ4n) is 1.38. The summed E-state index contributed by atoms with van der Waals surface area (Å²) in [6.07, 6.45) is 2.61. The lowest BCUT2D eigenvalue weighted by molar-refractivity contribution is 0.611. The van der Waals surface area contributed by atoms with E-state index >= 15 is 0 Å². The topological polar surface area (TPSA) is 38.0 Å². The summed E-state index contributed by atoms with van der Waals surface area (Å²) in [5.74, 6) is 0. The molecule has 0 bridgehead atoms. The number of anilines is 2. The molecule has 1 aliphatic carbocycles. The molecule has 2 rings (SSSR count). The van der Waals surface area contributed by atoms with Crippen LogP contribution in [0.2, 0.25) is 5.02 Å². The average Bonchev–Trinajstić information content (AvgIpc) is 2.87. The van der Waals surface area contributed by atoms with Gasteiger partial charge in [-0.15, -0.1) is 0 Å². The molecule has 14 heavy (non-hydrogen) atoms. The Labute approximate surface area is 89.4 Å². The molecular weight excluding hydrogens is 196 g/mol. The molecule has 0 amide bonds. The van der Waals surface area contributed by atoms with E-state index in [4.69, 9.17) is 17.3 Å². The van der Waals surface area contributed by atoms with Gasteiger partial charge in [0, 0.05) is 11.6 Å². The van der Waals surface area contributed by atoms with E-state index in [1.165, 1.54) is 12.8 Å². The standard InChI is InChI=1S/C11H15ClN2/c1-11(4-5-11)7-14-10-6-8(12)2-3-9(10)13/h2-3,6,14H,4-5,7,13H2,1H3. The first-order chi connectivity index (χ1) is 6.59. The second-order valence-electron chi connectivity index (χ2n) is 4.40. The number of halogens is 1. The number of nitrogens with one attached hydrogen (secondary N) is 1. The van der Waals surface area contributed by atoms with Gasteiger partial charge in [0.2, 0.25) is 0 Å². The van der Waals surface area contributed by atoms with Crippen LogP contribution in [-0.4, -0.2) is 6.54 Å². The Morgan fingerprint density at radius 3 is 2.86 bits per heavy atom. The van der Waals surface area contributed by atoms with Gasteiger partial charge in [0.05, 0.1) is 11.4 Å². The zero-order chi connectivity index (χ0) is 10.2. The average molecular weight is 211 g/mol. The molecule has 1 saturated carbocycles. The summed E-state index contributed by atoms with van der Waals surface area (Å²) in [5.41, 5.74) is 8.01. The fourth-order valence-corrected chi connectivity index (χ4v) is 1.55. The lowest BCUT2D eigenvalue weighted by Crippen LogP contribution is -2.12. The van der Waals surface area contributed by atoms with Gasteiger partial charge in [0.15, 0.2) is 0 Å². The van der Waals surface area contributed by atoms with Crippen molar-refractivity contribution < 1.29 is 0 Å². The van der Waals surface area contributed by atoms with E-state index in [1.54, 1.807) is 6.07 Å². The van der Waals surface area contributed by atoms with Gasteiger partial charge >= 0.3 is 0 Å². The van der Waals surface area contributed by atoms with Crippen LogP contribution in [0.5, 0.6) is 0 Å². The van der Waals surface area contributed by atoms with E-state index in [0.29, 0.717) is 5.41 Å². The van der Waals surface area contributed by atoms with Gasteiger partial charge in [-0.3, -0.25) is 0 Å². The predicted octanol–water partition coefficient (Wildman–Crippen LogP) is 3.13. The molecule has 1 aromatic carbocycles. The number of hydrogen-bond acceptors (Lipinski definition) is 2. The van der Waals surface area contributed by atoms with E-state index in [-0.39, 0.29) is 0 Å². The quantitative estimate of drug-likeness (QED) is 0.753. The highest BCUT2D eigenvalue weighted by Gasteiger charge is 2.36. The summed E-state index contributed by atoms with van der Waals surface area (Å²) in [5, 5.41) is 4.07. The van der Waals surface area contributed by atoms with Crippen LogP contribution < -0.4 is 11.1 Å². The van der Waals surface area contributed by atoms with E-state index in [9.17, 15) is 0 Å². The van der Waals surface area contributed by atoms with Gasteiger partial charge in [-0.05, 0) is 36.5 Å². The first-order valence-electron chi connectivity index (χ1n) is 4.88. The van der Waals surface area contributed by atoms with Gasteiger partial charge in [-0.1, -0.05) is 18.5 Å². The smallest absolute Gasteiger partial charge is 0.0589 e. The van der Waals surface area contributed by atoms with Crippen LogP contribution in [0, 0.1) is 5.41 Å². The van der Waals surface area contributed by atoms with Gasteiger partial charge in [0.25, 0.3) is 0 Å². The number of benzene rings is 1. The van der Waals surface area contributed by atoms with Crippen molar-refractivity contribution in [3.63, 3.8) is 0 Å². The molecule has 1 aromatic rings. The Kier molecular flexibility index (Phi) is 2.31. The van der Waals surface area contributed by atoms with Crippen molar-refractivity contribution in [1.82, 2.24) is 0 Å². The fraction of sp³-hybridized carbons (Fsp3) is 0.455.